The lowest BCUT2D eigenvalue weighted by atomic mass is 10.2. The van der Waals surface area contributed by atoms with Crippen molar-refractivity contribution in [3.63, 3.8) is 0 Å². The highest BCUT2D eigenvalue weighted by Gasteiger charge is 2.05. The second kappa shape index (κ2) is 10.2. The molecule has 1 heterocycles. The van der Waals surface area contributed by atoms with Crippen LogP contribution in [0.15, 0.2) is 47.1 Å². The number of rotatable bonds is 10. The van der Waals surface area contributed by atoms with E-state index in [0.29, 0.717) is 18.7 Å². The molecule has 0 saturated carbocycles. The number of amides is 2. The number of furan rings is 1. The third-order valence-corrected chi connectivity index (χ3v) is 3.65. The maximum atomic E-state index is 11.9. The molecule has 0 atom stereocenters. The summed E-state index contributed by atoms with van der Waals surface area (Å²) >= 11 is 0. The molecule has 0 radical (unpaired) electrons. The van der Waals surface area contributed by atoms with Crippen molar-refractivity contribution >= 4 is 23.2 Å². The van der Waals surface area contributed by atoms with Crippen molar-refractivity contribution in [3.8, 4) is 0 Å². The number of anilines is 2. The van der Waals surface area contributed by atoms with Gasteiger partial charge in [-0.3, -0.25) is 9.59 Å². The first kappa shape index (κ1) is 18.6. The number of carbonyl (C=O) groups is 2. The molecule has 134 valence electrons. The van der Waals surface area contributed by atoms with E-state index in [9.17, 15) is 9.59 Å². The van der Waals surface area contributed by atoms with Crippen LogP contribution in [0.2, 0.25) is 0 Å². The Hall–Kier alpha value is -2.76. The van der Waals surface area contributed by atoms with Crippen LogP contribution >= 0.6 is 0 Å². The molecule has 2 amide bonds. The van der Waals surface area contributed by atoms with Crippen molar-refractivity contribution in [2.24, 2.45) is 0 Å². The van der Waals surface area contributed by atoms with Gasteiger partial charge in [-0.25, -0.2) is 0 Å². The predicted molar refractivity (Wildman–Crippen MR) is 98.3 cm³/mol. The number of unbranched alkanes of at least 4 members (excludes halogenated alkanes) is 2. The highest BCUT2D eigenvalue weighted by Crippen LogP contribution is 2.15. The van der Waals surface area contributed by atoms with Gasteiger partial charge in [0.25, 0.3) is 0 Å². The quantitative estimate of drug-likeness (QED) is 0.576. The smallest absolute Gasteiger partial charge is 0.239 e. The summed E-state index contributed by atoms with van der Waals surface area (Å²) in [4.78, 5) is 23.7. The summed E-state index contributed by atoms with van der Waals surface area (Å²) in [6.07, 6.45) is 5.15. The number of hydrogen-bond donors (Lipinski definition) is 3. The third kappa shape index (κ3) is 7.12. The molecule has 1 aromatic carbocycles. The molecule has 0 fully saturated rings. The standard InChI is InChI=1S/C19H25N3O3/c1-2-3-4-10-18(23)22-16-8-5-7-15(12-16)20-14-19(24)21-13-17-9-6-11-25-17/h5-9,11-12,20H,2-4,10,13-14H2,1H3,(H,21,24)(H,22,23). The Morgan fingerprint density at radius 1 is 1.04 bits per heavy atom. The molecule has 0 unspecified atom stereocenters. The van der Waals surface area contributed by atoms with E-state index in [-0.39, 0.29) is 18.4 Å². The van der Waals surface area contributed by atoms with E-state index in [1.54, 1.807) is 18.4 Å². The minimum Gasteiger partial charge on any atom is -0.467 e. The van der Waals surface area contributed by atoms with Gasteiger partial charge in [0.15, 0.2) is 0 Å². The Labute approximate surface area is 148 Å². The fourth-order valence-corrected chi connectivity index (χ4v) is 2.31. The first-order valence-electron chi connectivity index (χ1n) is 8.60. The number of benzene rings is 1. The second-order valence-corrected chi connectivity index (χ2v) is 5.80. The third-order valence-electron chi connectivity index (χ3n) is 3.65. The molecular weight excluding hydrogens is 318 g/mol. The van der Waals surface area contributed by atoms with E-state index in [2.05, 4.69) is 22.9 Å². The maximum absolute atomic E-state index is 11.9. The normalized spacial score (nSPS) is 10.3. The van der Waals surface area contributed by atoms with Gasteiger partial charge in [-0.1, -0.05) is 25.8 Å². The molecule has 2 aromatic rings. The van der Waals surface area contributed by atoms with Crippen LogP contribution in [0.3, 0.4) is 0 Å². The average molecular weight is 343 g/mol. The molecule has 0 aliphatic rings. The van der Waals surface area contributed by atoms with E-state index in [4.69, 9.17) is 4.42 Å². The molecule has 6 heteroatoms. The SMILES string of the molecule is CCCCCC(=O)Nc1cccc(NCC(=O)NCc2ccco2)c1. The molecule has 0 saturated heterocycles. The van der Waals surface area contributed by atoms with Gasteiger partial charge in [-0.2, -0.15) is 0 Å². The van der Waals surface area contributed by atoms with Crippen LogP contribution in [0.1, 0.15) is 38.4 Å². The molecule has 3 N–H and O–H groups in total. The Morgan fingerprint density at radius 3 is 2.64 bits per heavy atom. The van der Waals surface area contributed by atoms with E-state index in [1.807, 2.05) is 24.3 Å². The number of carbonyl (C=O) groups excluding carboxylic acids is 2. The van der Waals surface area contributed by atoms with Gasteiger partial charge >= 0.3 is 0 Å². The predicted octanol–water partition coefficient (Wildman–Crippen LogP) is 3.53. The van der Waals surface area contributed by atoms with Crippen molar-refractivity contribution in [2.75, 3.05) is 17.2 Å². The summed E-state index contributed by atoms with van der Waals surface area (Å²) in [5, 5.41) is 8.69. The maximum Gasteiger partial charge on any atom is 0.239 e. The van der Waals surface area contributed by atoms with Gasteiger partial charge in [0.1, 0.15) is 5.76 Å². The number of nitrogens with one attached hydrogen (secondary N) is 3. The number of hydrogen-bond acceptors (Lipinski definition) is 4. The van der Waals surface area contributed by atoms with Crippen LogP contribution in [0.25, 0.3) is 0 Å². The Balaban J connectivity index is 1.74. The summed E-state index contributed by atoms with van der Waals surface area (Å²) in [6.45, 7) is 2.62. The molecule has 2 rings (SSSR count). The summed E-state index contributed by atoms with van der Waals surface area (Å²) in [5.74, 6) is 0.591. The second-order valence-electron chi connectivity index (χ2n) is 5.80. The molecule has 0 aliphatic carbocycles. The molecule has 0 bridgehead atoms. The Morgan fingerprint density at radius 2 is 1.88 bits per heavy atom. The first-order valence-corrected chi connectivity index (χ1v) is 8.60. The van der Waals surface area contributed by atoms with Crippen LogP contribution in [-0.4, -0.2) is 18.4 Å². The van der Waals surface area contributed by atoms with Crippen LogP contribution in [0, 0.1) is 0 Å². The summed E-state index contributed by atoms with van der Waals surface area (Å²) < 4.78 is 5.16. The molecule has 6 nitrogen and oxygen atoms in total. The highest BCUT2D eigenvalue weighted by molar-refractivity contribution is 5.91. The van der Waals surface area contributed by atoms with Gasteiger partial charge in [-0.15, -0.1) is 0 Å². The van der Waals surface area contributed by atoms with Crippen LogP contribution in [0.5, 0.6) is 0 Å². The minimum atomic E-state index is -0.134. The zero-order valence-corrected chi connectivity index (χ0v) is 14.5. The van der Waals surface area contributed by atoms with Gasteiger partial charge in [0, 0.05) is 17.8 Å². The monoisotopic (exact) mass is 343 g/mol. The lowest BCUT2D eigenvalue weighted by molar-refractivity contribution is -0.119. The summed E-state index contributed by atoms with van der Waals surface area (Å²) in [7, 11) is 0. The van der Waals surface area contributed by atoms with E-state index >= 15 is 0 Å². The average Bonchev–Trinajstić information content (AvgIpc) is 3.12. The van der Waals surface area contributed by atoms with Crippen molar-refractivity contribution in [1.82, 2.24) is 5.32 Å². The molecule has 0 spiro atoms. The van der Waals surface area contributed by atoms with E-state index in [1.165, 1.54) is 0 Å². The van der Waals surface area contributed by atoms with Crippen LogP contribution < -0.4 is 16.0 Å². The van der Waals surface area contributed by atoms with Gasteiger partial charge < -0.3 is 20.4 Å². The van der Waals surface area contributed by atoms with Gasteiger partial charge in [0.2, 0.25) is 11.8 Å². The summed E-state index contributed by atoms with van der Waals surface area (Å²) in [6, 6.07) is 10.9. The largest absolute Gasteiger partial charge is 0.467 e. The topological polar surface area (TPSA) is 83.4 Å². The van der Waals surface area contributed by atoms with E-state index < -0.39 is 0 Å². The van der Waals surface area contributed by atoms with Crippen molar-refractivity contribution in [1.29, 1.82) is 0 Å². The zero-order chi connectivity index (χ0) is 17.9. The van der Waals surface area contributed by atoms with Crippen molar-refractivity contribution < 1.29 is 14.0 Å². The molecule has 1 aromatic heterocycles. The van der Waals surface area contributed by atoms with Crippen LogP contribution in [-0.2, 0) is 16.1 Å². The van der Waals surface area contributed by atoms with Gasteiger partial charge in [-0.05, 0) is 36.8 Å². The lowest BCUT2D eigenvalue weighted by Crippen LogP contribution is -2.29. The molecular formula is C19H25N3O3. The molecule has 0 aliphatic heterocycles. The van der Waals surface area contributed by atoms with Crippen molar-refractivity contribution in [2.45, 2.75) is 39.2 Å². The Bertz CT molecular complexity index is 668. The van der Waals surface area contributed by atoms with Crippen molar-refractivity contribution in [3.05, 3.63) is 48.4 Å². The molecule has 25 heavy (non-hydrogen) atoms. The fraction of sp³-hybridized carbons (Fsp3) is 0.368. The van der Waals surface area contributed by atoms with Gasteiger partial charge in [0.05, 0.1) is 19.4 Å². The minimum absolute atomic E-state index is 0.0155. The summed E-state index contributed by atoms with van der Waals surface area (Å²) in [5.41, 5.74) is 1.50. The van der Waals surface area contributed by atoms with E-state index in [0.717, 1.165) is 30.6 Å². The lowest BCUT2D eigenvalue weighted by Gasteiger charge is -2.10. The Kier molecular flexibility index (Phi) is 7.56. The fourth-order valence-electron chi connectivity index (χ4n) is 2.31. The highest BCUT2D eigenvalue weighted by atomic mass is 16.3. The first-order chi connectivity index (χ1) is 12.2. The zero-order valence-electron chi connectivity index (χ0n) is 14.5. The van der Waals surface area contributed by atoms with Crippen LogP contribution in [0.4, 0.5) is 11.4 Å².